The van der Waals surface area contributed by atoms with E-state index < -0.39 is 6.10 Å². The molecule has 348 valence electrons. The topological polar surface area (TPSA) is 78.9 Å². The molecule has 0 aromatic carbocycles. The smallest absolute Gasteiger partial charge is 0.306 e. The van der Waals surface area contributed by atoms with E-state index in [-0.39, 0.29) is 44.0 Å². The zero-order valence-electron chi connectivity index (χ0n) is 39.6. The molecule has 0 radical (unpaired) electrons. The molecule has 1 unspecified atom stereocenters. The molecular formula is C56H88O6. The third kappa shape index (κ3) is 46.9. The zero-order chi connectivity index (χ0) is 45.1. The van der Waals surface area contributed by atoms with Gasteiger partial charge in [-0.05, 0) is 77.0 Å². The zero-order valence-corrected chi connectivity index (χ0v) is 39.6. The van der Waals surface area contributed by atoms with Crippen molar-refractivity contribution >= 4 is 17.9 Å². The summed E-state index contributed by atoms with van der Waals surface area (Å²) in [5, 5.41) is 0. The predicted molar refractivity (Wildman–Crippen MR) is 265 cm³/mol. The van der Waals surface area contributed by atoms with Crippen LogP contribution in [0.4, 0.5) is 0 Å². The lowest BCUT2D eigenvalue weighted by Crippen LogP contribution is -2.30. The monoisotopic (exact) mass is 857 g/mol. The van der Waals surface area contributed by atoms with Crippen molar-refractivity contribution in [2.24, 2.45) is 0 Å². The summed E-state index contributed by atoms with van der Waals surface area (Å²) in [5.41, 5.74) is 0. The second-order valence-corrected chi connectivity index (χ2v) is 15.8. The van der Waals surface area contributed by atoms with Crippen molar-refractivity contribution in [3.8, 4) is 0 Å². The van der Waals surface area contributed by atoms with Crippen LogP contribution in [-0.2, 0) is 28.6 Å². The minimum Gasteiger partial charge on any atom is -0.462 e. The summed E-state index contributed by atoms with van der Waals surface area (Å²) in [4.78, 5) is 37.9. The molecule has 0 spiro atoms. The van der Waals surface area contributed by atoms with Crippen LogP contribution < -0.4 is 0 Å². The minimum atomic E-state index is -0.825. The molecule has 0 aromatic rings. The molecule has 0 bridgehead atoms. The third-order valence-electron chi connectivity index (χ3n) is 9.85. The van der Waals surface area contributed by atoms with E-state index in [9.17, 15) is 14.4 Å². The van der Waals surface area contributed by atoms with E-state index in [0.29, 0.717) is 12.8 Å². The Balaban J connectivity index is 4.55. The summed E-state index contributed by atoms with van der Waals surface area (Å²) in [7, 11) is 0. The van der Waals surface area contributed by atoms with Crippen LogP contribution in [0.3, 0.4) is 0 Å². The standard InChI is InChI=1S/C56H88O6/c1-4-7-10-13-16-19-22-25-26-27-28-29-32-34-37-40-43-46-49-55(58)61-52-53(62-56(59)50-47-44-41-38-35-31-24-21-18-15-12-9-6-3)51-60-54(57)48-45-42-39-36-33-30-23-20-17-14-11-8-5-2/h9-10,12-13,15-16,18-19,21-22,24-30,33,39,42,53H,4-8,11,14,17,20,23,31-32,34-38,40-41,43-52H2,1-3H3/b12-9-,13-10-,18-15-,19-16-,24-21-,25-22-,27-26-,29-28-,33-30-,42-39-. The number of carbonyl (C=O) groups is 3. The average molecular weight is 857 g/mol. The summed E-state index contributed by atoms with van der Waals surface area (Å²) >= 11 is 0. The molecule has 0 amide bonds. The van der Waals surface area contributed by atoms with Gasteiger partial charge in [0.2, 0.25) is 0 Å². The second kappa shape index (κ2) is 49.5. The summed E-state index contributed by atoms with van der Waals surface area (Å²) in [6.45, 7) is 6.29. The van der Waals surface area contributed by atoms with Gasteiger partial charge < -0.3 is 14.2 Å². The number of hydrogen-bond acceptors (Lipinski definition) is 6. The number of allylic oxidation sites excluding steroid dienone is 20. The molecule has 0 rings (SSSR count). The lowest BCUT2D eigenvalue weighted by Gasteiger charge is -2.18. The molecule has 62 heavy (non-hydrogen) atoms. The maximum atomic E-state index is 12.8. The fourth-order valence-electron chi connectivity index (χ4n) is 6.17. The van der Waals surface area contributed by atoms with Crippen LogP contribution >= 0.6 is 0 Å². The Hall–Kier alpha value is -4.19. The molecule has 0 N–H and O–H groups in total. The first-order valence-corrected chi connectivity index (χ1v) is 24.6. The van der Waals surface area contributed by atoms with Crippen LogP contribution in [-0.4, -0.2) is 37.2 Å². The molecule has 0 heterocycles. The van der Waals surface area contributed by atoms with Crippen molar-refractivity contribution in [2.45, 2.75) is 200 Å². The first-order valence-electron chi connectivity index (χ1n) is 24.6. The minimum absolute atomic E-state index is 0.121. The molecule has 0 aromatic heterocycles. The van der Waals surface area contributed by atoms with Gasteiger partial charge in [-0.2, -0.15) is 0 Å². The van der Waals surface area contributed by atoms with E-state index in [1.165, 1.54) is 44.9 Å². The quantitative estimate of drug-likeness (QED) is 0.0200. The van der Waals surface area contributed by atoms with Gasteiger partial charge in [-0.1, -0.05) is 219 Å². The highest BCUT2D eigenvalue weighted by Gasteiger charge is 2.19. The fourth-order valence-corrected chi connectivity index (χ4v) is 6.17. The van der Waals surface area contributed by atoms with Crippen molar-refractivity contribution in [1.82, 2.24) is 0 Å². The number of hydrogen-bond donors (Lipinski definition) is 0. The Morgan fingerprint density at radius 3 is 1.27 bits per heavy atom. The summed E-state index contributed by atoms with van der Waals surface area (Å²) in [6.07, 6.45) is 67.6. The lowest BCUT2D eigenvalue weighted by molar-refractivity contribution is -0.166. The van der Waals surface area contributed by atoms with Crippen LogP contribution in [0.1, 0.15) is 194 Å². The van der Waals surface area contributed by atoms with Gasteiger partial charge in [-0.15, -0.1) is 0 Å². The molecule has 6 heteroatoms. The van der Waals surface area contributed by atoms with E-state index in [1.807, 2.05) is 48.6 Å². The molecular weight excluding hydrogens is 769 g/mol. The number of carbonyl (C=O) groups excluding carboxylic acids is 3. The predicted octanol–water partition coefficient (Wildman–Crippen LogP) is 16.1. The maximum absolute atomic E-state index is 12.8. The molecule has 0 saturated heterocycles. The van der Waals surface area contributed by atoms with E-state index in [2.05, 4.69) is 93.7 Å². The van der Waals surface area contributed by atoms with Gasteiger partial charge in [0.1, 0.15) is 13.2 Å². The first kappa shape index (κ1) is 57.8. The highest BCUT2D eigenvalue weighted by molar-refractivity contribution is 5.71. The molecule has 0 fully saturated rings. The SMILES string of the molecule is CC\C=C/C=C\C=C/CCCCCCCC(=O)OC(COC(=O)CC/C=C\C/C=C\CCCCCCCC)COC(=O)CCCCCCC\C=C/C=C\C=C/C=C\C=C/CCC. The van der Waals surface area contributed by atoms with Gasteiger partial charge in [0.25, 0.3) is 0 Å². The van der Waals surface area contributed by atoms with Gasteiger partial charge in [0, 0.05) is 19.3 Å². The van der Waals surface area contributed by atoms with Gasteiger partial charge in [0.05, 0.1) is 0 Å². The highest BCUT2D eigenvalue weighted by atomic mass is 16.6. The largest absolute Gasteiger partial charge is 0.462 e. The van der Waals surface area contributed by atoms with Gasteiger partial charge in [-0.25, -0.2) is 0 Å². The Morgan fingerprint density at radius 1 is 0.355 bits per heavy atom. The van der Waals surface area contributed by atoms with Crippen LogP contribution in [0.25, 0.3) is 0 Å². The molecule has 6 nitrogen and oxygen atoms in total. The van der Waals surface area contributed by atoms with Crippen LogP contribution in [0.5, 0.6) is 0 Å². The van der Waals surface area contributed by atoms with Crippen LogP contribution in [0, 0.1) is 0 Å². The Labute approximate surface area is 380 Å². The van der Waals surface area contributed by atoms with E-state index in [1.54, 1.807) is 0 Å². The first-order chi connectivity index (χ1) is 30.5. The van der Waals surface area contributed by atoms with Gasteiger partial charge in [0.15, 0.2) is 6.10 Å². The van der Waals surface area contributed by atoms with Crippen LogP contribution in [0.2, 0.25) is 0 Å². The number of esters is 3. The highest BCUT2D eigenvalue weighted by Crippen LogP contribution is 2.12. The Bertz CT molecular complexity index is 1350. The van der Waals surface area contributed by atoms with E-state index in [4.69, 9.17) is 14.2 Å². The third-order valence-corrected chi connectivity index (χ3v) is 9.85. The number of ether oxygens (including phenoxy) is 3. The number of rotatable bonds is 42. The summed E-state index contributed by atoms with van der Waals surface area (Å²) < 4.78 is 16.7. The molecule has 0 saturated carbocycles. The van der Waals surface area contributed by atoms with E-state index in [0.717, 1.165) is 103 Å². The molecule has 0 aliphatic heterocycles. The molecule has 0 aliphatic rings. The average Bonchev–Trinajstić information content (AvgIpc) is 3.27. The van der Waals surface area contributed by atoms with Crippen molar-refractivity contribution in [3.05, 3.63) is 122 Å². The van der Waals surface area contributed by atoms with Crippen molar-refractivity contribution in [2.75, 3.05) is 13.2 Å². The van der Waals surface area contributed by atoms with Crippen LogP contribution in [0.15, 0.2) is 122 Å². The van der Waals surface area contributed by atoms with Crippen molar-refractivity contribution < 1.29 is 28.6 Å². The van der Waals surface area contributed by atoms with Crippen molar-refractivity contribution in [3.63, 3.8) is 0 Å². The molecule has 1 atom stereocenters. The lowest BCUT2D eigenvalue weighted by atomic mass is 10.1. The van der Waals surface area contributed by atoms with Gasteiger partial charge in [-0.3, -0.25) is 14.4 Å². The second-order valence-electron chi connectivity index (χ2n) is 15.8. The number of unbranched alkanes of at least 4 members (excludes halogenated alkanes) is 17. The fraction of sp³-hybridized carbons (Fsp3) is 0.589. The Morgan fingerprint density at radius 2 is 0.758 bits per heavy atom. The van der Waals surface area contributed by atoms with Crippen molar-refractivity contribution in [1.29, 1.82) is 0 Å². The normalized spacial score (nSPS) is 13.1. The van der Waals surface area contributed by atoms with Gasteiger partial charge >= 0.3 is 17.9 Å². The van der Waals surface area contributed by atoms with E-state index >= 15 is 0 Å². The molecule has 0 aliphatic carbocycles. The summed E-state index contributed by atoms with van der Waals surface area (Å²) in [5.74, 6) is -1.05. The Kier molecular flexibility index (Phi) is 46.1. The summed E-state index contributed by atoms with van der Waals surface area (Å²) in [6, 6.07) is 0. The maximum Gasteiger partial charge on any atom is 0.306 e.